The summed E-state index contributed by atoms with van der Waals surface area (Å²) in [6.45, 7) is 4.00. The molecule has 5 heteroatoms. The lowest BCUT2D eigenvalue weighted by Crippen LogP contribution is -2.23. The zero-order valence-electron chi connectivity index (χ0n) is 24.6. The molecule has 0 radical (unpaired) electrons. The Morgan fingerprint density at radius 3 is 1.90 bits per heavy atom. The Morgan fingerprint density at radius 1 is 0.714 bits per heavy atom. The van der Waals surface area contributed by atoms with Crippen LogP contribution in [0.2, 0.25) is 0 Å². The highest BCUT2D eigenvalue weighted by molar-refractivity contribution is 5.74. The summed E-state index contributed by atoms with van der Waals surface area (Å²) in [5.74, 6) is -1.71. The van der Waals surface area contributed by atoms with Gasteiger partial charge >= 0.3 is 0 Å². The van der Waals surface area contributed by atoms with Crippen molar-refractivity contribution in [2.24, 2.45) is 17.8 Å². The van der Waals surface area contributed by atoms with Gasteiger partial charge in [0.25, 0.3) is 0 Å². The van der Waals surface area contributed by atoms with E-state index in [2.05, 4.69) is 25.2 Å². The van der Waals surface area contributed by atoms with Gasteiger partial charge in [0, 0.05) is 16.7 Å². The second kappa shape index (κ2) is 13.8. The Hall–Kier alpha value is -3.34. The minimum Gasteiger partial charge on any atom is -0.491 e. The van der Waals surface area contributed by atoms with E-state index in [1.54, 1.807) is 43.3 Å². The maximum absolute atomic E-state index is 15.4. The molecule has 0 spiro atoms. The summed E-state index contributed by atoms with van der Waals surface area (Å²) in [5, 5.41) is 0. The largest absolute Gasteiger partial charge is 0.491 e. The first kappa shape index (κ1) is 30.1. The normalized spacial score (nSPS) is 21.0. The Bertz CT molecular complexity index is 1430. The highest BCUT2D eigenvalue weighted by Gasteiger charge is 2.29. The molecule has 0 aromatic heterocycles. The van der Waals surface area contributed by atoms with Gasteiger partial charge in [0.1, 0.15) is 0 Å². The summed E-state index contributed by atoms with van der Waals surface area (Å²) in [6.07, 6.45) is 16.9. The second-order valence-corrected chi connectivity index (χ2v) is 11.7. The zero-order chi connectivity index (χ0) is 29.6. The number of hydrogen-bond donors (Lipinski definition) is 0. The van der Waals surface area contributed by atoms with Crippen LogP contribution in [0.3, 0.4) is 0 Å². The Kier molecular flexibility index (Phi) is 9.87. The van der Waals surface area contributed by atoms with E-state index in [4.69, 9.17) is 4.74 Å². The molecule has 3 aromatic rings. The molecule has 2 aliphatic rings. The maximum atomic E-state index is 15.4. The molecule has 5 rings (SSSR count). The molecule has 0 aliphatic heterocycles. The molecule has 0 heterocycles. The lowest BCUT2D eigenvalue weighted by molar-refractivity contribution is 0.190. The SMILES string of the molecule is CC=CCCC1CCC(C2CC=C(c3ccc(-c4ccc(-c5ccc(OCC)c(F)c5F)cc4)c(F)c3F)CC2)CC1. The summed E-state index contributed by atoms with van der Waals surface area (Å²) in [7, 11) is 0. The van der Waals surface area contributed by atoms with Crippen molar-refractivity contribution in [2.75, 3.05) is 6.61 Å². The molecule has 222 valence electrons. The quantitative estimate of drug-likeness (QED) is 0.182. The van der Waals surface area contributed by atoms with Crippen LogP contribution in [0, 0.1) is 41.0 Å². The summed E-state index contributed by atoms with van der Waals surface area (Å²) >= 11 is 0. The lowest BCUT2D eigenvalue weighted by Gasteiger charge is -2.35. The van der Waals surface area contributed by atoms with Gasteiger partial charge in [0.05, 0.1) is 6.61 Å². The molecule has 1 atom stereocenters. The zero-order valence-corrected chi connectivity index (χ0v) is 24.6. The minimum absolute atomic E-state index is 0.0736. The van der Waals surface area contributed by atoms with Gasteiger partial charge in [-0.2, -0.15) is 4.39 Å². The molecule has 42 heavy (non-hydrogen) atoms. The first-order chi connectivity index (χ1) is 20.4. The van der Waals surface area contributed by atoms with Gasteiger partial charge < -0.3 is 4.74 Å². The molecular weight excluding hydrogens is 536 g/mol. The van der Waals surface area contributed by atoms with Crippen LogP contribution < -0.4 is 4.74 Å². The van der Waals surface area contributed by atoms with Crippen LogP contribution in [0.1, 0.15) is 77.2 Å². The fourth-order valence-corrected chi connectivity index (χ4v) is 6.85. The van der Waals surface area contributed by atoms with Crippen molar-refractivity contribution in [3.05, 3.63) is 95.6 Å². The van der Waals surface area contributed by atoms with E-state index in [-0.39, 0.29) is 23.5 Å². The smallest absolute Gasteiger partial charge is 0.201 e. The van der Waals surface area contributed by atoms with Crippen LogP contribution in [0.4, 0.5) is 17.6 Å². The highest BCUT2D eigenvalue weighted by Crippen LogP contribution is 2.43. The van der Waals surface area contributed by atoms with Gasteiger partial charge in [-0.15, -0.1) is 0 Å². The van der Waals surface area contributed by atoms with Crippen molar-refractivity contribution in [1.82, 2.24) is 0 Å². The van der Waals surface area contributed by atoms with E-state index in [9.17, 15) is 8.78 Å². The van der Waals surface area contributed by atoms with Gasteiger partial charge in [0.2, 0.25) is 5.82 Å². The average molecular weight is 577 g/mol. The van der Waals surface area contributed by atoms with Crippen LogP contribution in [-0.2, 0) is 0 Å². The third-order valence-electron chi connectivity index (χ3n) is 9.27. The van der Waals surface area contributed by atoms with E-state index in [0.29, 0.717) is 22.6 Å². The van der Waals surface area contributed by atoms with Crippen LogP contribution in [0.15, 0.2) is 66.8 Å². The number of ether oxygens (including phenoxy) is 1. The minimum atomic E-state index is -1.05. The van der Waals surface area contributed by atoms with Crippen LogP contribution in [0.5, 0.6) is 5.75 Å². The van der Waals surface area contributed by atoms with Crippen molar-refractivity contribution in [1.29, 1.82) is 0 Å². The molecule has 0 amide bonds. The molecular formula is C37H40F4O. The summed E-state index contributed by atoms with van der Waals surface area (Å²) in [4.78, 5) is 0. The number of rotatable bonds is 9. The van der Waals surface area contributed by atoms with Crippen molar-refractivity contribution in [2.45, 2.75) is 71.6 Å². The molecule has 2 aliphatic carbocycles. The first-order valence-electron chi connectivity index (χ1n) is 15.4. The van der Waals surface area contributed by atoms with Crippen molar-refractivity contribution in [3.8, 4) is 28.0 Å². The highest BCUT2D eigenvalue weighted by atomic mass is 19.2. The van der Waals surface area contributed by atoms with Crippen LogP contribution in [0.25, 0.3) is 27.8 Å². The second-order valence-electron chi connectivity index (χ2n) is 11.7. The molecule has 1 nitrogen and oxygen atoms in total. The van der Waals surface area contributed by atoms with Crippen LogP contribution in [-0.4, -0.2) is 6.61 Å². The number of allylic oxidation sites excluding steroid dienone is 4. The van der Waals surface area contributed by atoms with Crippen LogP contribution >= 0.6 is 0 Å². The summed E-state index contributed by atoms with van der Waals surface area (Å²) in [6, 6.07) is 12.5. The predicted octanol–water partition coefficient (Wildman–Crippen LogP) is 11.3. The first-order valence-corrected chi connectivity index (χ1v) is 15.4. The molecule has 1 fully saturated rings. The summed E-state index contributed by atoms with van der Waals surface area (Å²) in [5.41, 5.74) is 2.34. The van der Waals surface area contributed by atoms with Crippen molar-refractivity contribution < 1.29 is 22.3 Å². The van der Waals surface area contributed by atoms with Gasteiger partial charge in [0.15, 0.2) is 23.2 Å². The molecule has 0 bridgehead atoms. The van der Waals surface area contributed by atoms with Crippen molar-refractivity contribution >= 4 is 5.57 Å². The van der Waals surface area contributed by atoms with Gasteiger partial charge in [-0.25, -0.2) is 13.2 Å². The Labute approximate surface area is 247 Å². The fourth-order valence-electron chi connectivity index (χ4n) is 6.85. The van der Waals surface area contributed by atoms with Gasteiger partial charge in [-0.05, 0) is 105 Å². The van der Waals surface area contributed by atoms with Gasteiger partial charge in [-0.1, -0.05) is 67.5 Å². The van der Waals surface area contributed by atoms with E-state index >= 15 is 8.78 Å². The predicted molar refractivity (Wildman–Crippen MR) is 163 cm³/mol. The Balaban J connectivity index is 1.25. The van der Waals surface area contributed by atoms with E-state index in [1.165, 1.54) is 50.7 Å². The molecule has 1 unspecified atom stereocenters. The van der Waals surface area contributed by atoms with E-state index < -0.39 is 23.3 Å². The monoisotopic (exact) mass is 576 g/mol. The summed E-state index contributed by atoms with van der Waals surface area (Å²) < 4.78 is 64.8. The third kappa shape index (κ3) is 6.50. The topological polar surface area (TPSA) is 9.23 Å². The average Bonchev–Trinajstić information content (AvgIpc) is 3.02. The number of benzene rings is 3. The standard InChI is InChI=1S/C37H40F4O/c1-3-5-6-7-24-8-10-25(11-9-24)26-12-14-27(15-13-26)30-20-21-31(35(39)34(30)38)28-16-18-29(19-17-28)32-22-23-33(42-4-2)37(41)36(32)40/h3,5,14,16-26H,4,6-13,15H2,1-2H3. The molecule has 1 saturated carbocycles. The molecule has 3 aromatic carbocycles. The maximum Gasteiger partial charge on any atom is 0.201 e. The Morgan fingerprint density at radius 2 is 1.31 bits per heavy atom. The lowest BCUT2D eigenvalue weighted by atomic mass is 9.70. The number of hydrogen-bond acceptors (Lipinski definition) is 1. The molecule has 0 saturated heterocycles. The van der Waals surface area contributed by atoms with E-state index in [0.717, 1.165) is 36.7 Å². The van der Waals surface area contributed by atoms with Crippen molar-refractivity contribution in [3.63, 3.8) is 0 Å². The third-order valence-corrected chi connectivity index (χ3v) is 9.27. The van der Waals surface area contributed by atoms with Gasteiger partial charge in [-0.3, -0.25) is 0 Å². The fraction of sp³-hybridized carbons (Fsp3) is 0.405. The van der Waals surface area contributed by atoms with E-state index in [1.807, 2.05) is 0 Å². The number of halogens is 4. The molecule has 0 N–H and O–H groups in total.